The Hall–Kier alpha value is -4.11. The summed E-state index contributed by atoms with van der Waals surface area (Å²) in [5.41, 5.74) is 4.14. The molecule has 0 radical (unpaired) electrons. The number of nitro groups is 1. The summed E-state index contributed by atoms with van der Waals surface area (Å²) in [5, 5.41) is 13.1. The van der Waals surface area contributed by atoms with Crippen LogP contribution in [0, 0.1) is 22.0 Å². The second kappa shape index (κ2) is 15.0. The number of hydrogen-bond acceptors (Lipinski definition) is 11. The van der Waals surface area contributed by atoms with Crippen LogP contribution in [-0.4, -0.2) is 69.5 Å². The van der Waals surface area contributed by atoms with E-state index in [2.05, 4.69) is 35.6 Å². The van der Waals surface area contributed by atoms with E-state index in [1.807, 2.05) is 31.4 Å². The van der Waals surface area contributed by atoms with Crippen molar-refractivity contribution in [2.45, 2.75) is 78.0 Å². The molecule has 5 rings (SSSR count). The zero-order valence-electron chi connectivity index (χ0n) is 27.8. The summed E-state index contributed by atoms with van der Waals surface area (Å²) < 4.78 is 12.1. The van der Waals surface area contributed by atoms with E-state index in [4.69, 9.17) is 9.16 Å². The van der Waals surface area contributed by atoms with Crippen molar-refractivity contribution in [3.63, 3.8) is 0 Å². The van der Waals surface area contributed by atoms with Gasteiger partial charge in [-0.05, 0) is 54.4 Å². The summed E-state index contributed by atoms with van der Waals surface area (Å²) in [6.45, 7) is 11.7. The van der Waals surface area contributed by atoms with Crippen LogP contribution in [0.2, 0.25) is 18.1 Å². The molecule has 0 aliphatic carbocycles. The second-order valence-electron chi connectivity index (χ2n) is 12.4. The number of hydrogen-bond donors (Lipinski definition) is 0. The standard InChI is InChI=1S/C34H41N5O7SSi/c1-6-48(7-2,8-3)46-23(5)29-30-22(4)28(19-37(18-26-20-47-21-36-26)17-24-10-9-15-35-16-24)31(38(30)32(29)40)34(42)45-33(41)25-11-13-27(14-12-25)39(43)44/h9-16,20-23,29-30H,6-8,17-19H2,1-5H3/t22-,23+,29+,30+/m0/s1. The van der Waals surface area contributed by atoms with Crippen LogP contribution in [0.15, 0.2) is 71.0 Å². The van der Waals surface area contributed by atoms with Crippen LogP contribution in [0.4, 0.5) is 5.69 Å². The third-order valence-corrected chi connectivity index (χ3v) is 15.1. The van der Waals surface area contributed by atoms with Gasteiger partial charge in [-0.15, -0.1) is 11.3 Å². The molecule has 4 atom stereocenters. The van der Waals surface area contributed by atoms with Gasteiger partial charge in [0.15, 0.2) is 8.32 Å². The number of nitrogens with zero attached hydrogens (tertiary/aromatic N) is 5. The Labute approximate surface area is 285 Å². The first-order chi connectivity index (χ1) is 23.0. The van der Waals surface area contributed by atoms with Crippen molar-refractivity contribution >= 4 is 43.2 Å². The molecule has 2 aromatic heterocycles. The highest BCUT2D eigenvalue weighted by Crippen LogP contribution is 2.49. The van der Waals surface area contributed by atoms with E-state index in [0.29, 0.717) is 25.2 Å². The van der Waals surface area contributed by atoms with Gasteiger partial charge >= 0.3 is 11.9 Å². The maximum Gasteiger partial charge on any atom is 0.362 e. The maximum absolute atomic E-state index is 14.0. The lowest BCUT2D eigenvalue weighted by molar-refractivity contribution is -0.384. The van der Waals surface area contributed by atoms with Crippen LogP contribution in [0.3, 0.4) is 0 Å². The summed E-state index contributed by atoms with van der Waals surface area (Å²) in [6, 6.07) is 11.2. The normalized spacial score (nSPS) is 19.7. The van der Waals surface area contributed by atoms with Crippen molar-refractivity contribution in [2.75, 3.05) is 6.54 Å². The molecule has 0 unspecified atom stereocenters. The van der Waals surface area contributed by atoms with E-state index >= 15 is 0 Å². The molecule has 48 heavy (non-hydrogen) atoms. The average molecular weight is 692 g/mol. The molecular weight excluding hydrogens is 651 g/mol. The van der Waals surface area contributed by atoms with E-state index < -0.39 is 31.1 Å². The number of amides is 1. The highest BCUT2D eigenvalue weighted by molar-refractivity contribution is 7.07. The lowest BCUT2D eigenvalue weighted by Crippen LogP contribution is -2.65. The van der Waals surface area contributed by atoms with E-state index in [-0.39, 0.29) is 40.9 Å². The fourth-order valence-corrected chi connectivity index (χ4v) is 10.4. The first kappa shape index (κ1) is 35.2. The van der Waals surface area contributed by atoms with Gasteiger partial charge in [0, 0.05) is 55.5 Å². The van der Waals surface area contributed by atoms with Crippen LogP contribution in [0.25, 0.3) is 0 Å². The molecule has 0 spiro atoms. The topological polar surface area (TPSA) is 145 Å². The number of esters is 2. The molecule has 1 saturated heterocycles. The largest absolute Gasteiger partial charge is 0.413 e. The van der Waals surface area contributed by atoms with Gasteiger partial charge in [-0.25, -0.2) is 14.6 Å². The fourth-order valence-electron chi connectivity index (χ4n) is 6.91. The van der Waals surface area contributed by atoms with E-state index in [9.17, 15) is 24.5 Å². The number of non-ortho nitro benzene ring substituents is 1. The number of β-lactam (4-membered cyclic amide) rings is 1. The van der Waals surface area contributed by atoms with Crippen molar-refractivity contribution in [1.29, 1.82) is 0 Å². The zero-order valence-corrected chi connectivity index (χ0v) is 29.6. The number of aromatic nitrogens is 2. The minimum atomic E-state index is -2.04. The van der Waals surface area contributed by atoms with Gasteiger partial charge in [0.2, 0.25) is 5.91 Å². The quantitative estimate of drug-likeness (QED) is 0.0467. The number of thiazole rings is 1. The summed E-state index contributed by atoms with van der Waals surface area (Å²) in [5.74, 6) is -2.81. The number of benzene rings is 1. The number of carbonyl (C=O) groups excluding carboxylic acids is 3. The minimum absolute atomic E-state index is 0.0183. The second-order valence-corrected chi connectivity index (χ2v) is 17.9. The number of rotatable bonds is 15. The summed E-state index contributed by atoms with van der Waals surface area (Å²) in [6.07, 6.45) is 3.15. The molecule has 0 bridgehead atoms. The molecule has 0 saturated carbocycles. The molecule has 1 amide bonds. The molecule has 4 heterocycles. The van der Waals surface area contributed by atoms with E-state index in [1.165, 1.54) is 40.5 Å². The Morgan fingerprint density at radius 2 is 1.79 bits per heavy atom. The third kappa shape index (κ3) is 7.16. The van der Waals surface area contributed by atoms with Crippen molar-refractivity contribution in [3.8, 4) is 0 Å². The Morgan fingerprint density at radius 1 is 1.08 bits per heavy atom. The Balaban J connectivity index is 1.47. The lowest BCUT2D eigenvalue weighted by atomic mass is 9.77. The Morgan fingerprint density at radius 3 is 2.38 bits per heavy atom. The number of carbonyl (C=O) groups is 3. The molecule has 1 aromatic carbocycles. The minimum Gasteiger partial charge on any atom is -0.413 e. The van der Waals surface area contributed by atoms with Gasteiger partial charge in [-0.2, -0.15) is 0 Å². The summed E-state index contributed by atoms with van der Waals surface area (Å²) in [7, 11) is -2.04. The van der Waals surface area contributed by atoms with Gasteiger partial charge in [0.05, 0.1) is 39.8 Å². The Bertz CT molecular complexity index is 1660. The van der Waals surface area contributed by atoms with Crippen molar-refractivity contribution < 1.29 is 28.5 Å². The molecule has 3 aromatic rings. The highest BCUT2D eigenvalue weighted by Gasteiger charge is 2.61. The molecule has 1 fully saturated rings. The first-order valence-electron chi connectivity index (χ1n) is 16.3. The molecule has 12 nitrogen and oxygen atoms in total. The molecule has 14 heteroatoms. The summed E-state index contributed by atoms with van der Waals surface area (Å²) >= 11 is 1.49. The molecule has 2 aliphatic rings. The molecular formula is C34H41N5O7SSi. The predicted octanol–water partition coefficient (Wildman–Crippen LogP) is 5.97. The lowest BCUT2D eigenvalue weighted by Gasteiger charge is -2.49. The summed E-state index contributed by atoms with van der Waals surface area (Å²) in [4.78, 5) is 63.9. The van der Waals surface area contributed by atoms with Crippen LogP contribution >= 0.6 is 11.3 Å². The maximum atomic E-state index is 14.0. The first-order valence-corrected chi connectivity index (χ1v) is 19.7. The fraction of sp³-hybridized carbons (Fsp3) is 0.441. The van der Waals surface area contributed by atoms with Crippen LogP contribution in [0.5, 0.6) is 0 Å². The smallest absolute Gasteiger partial charge is 0.362 e. The van der Waals surface area contributed by atoms with Crippen LogP contribution in [0.1, 0.15) is 56.2 Å². The van der Waals surface area contributed by atoms with E-state index in [1.54, 1.807) is 17.9 Å². The number of nitro benzene ring substituents is 1. The van der Waals surface area contributed by atoms with Crippen molar-refractivity contribution in [2.24, 2.45) is 11.8 Å². The number of pyridine rings is 1. The van der Waals surface area contributed by atoms with Crippen molar-refractivity contribution in [1.82, 2.24) is 19.8 Å². The number of ether oxygens (including phenoxy) is 1. The predicted molar refractivity (Wildman–Crippen MR) is 182 cm³/mol. The molecule has 0 N–H and O–H groups in total. The van der Waals surface area contributed by atoms with Gasteiger partial charge in [-0.1, -0.05) is 33.8 Å². The van der Waals surface area contributed by atoms with Crippen LogP contribution < -0.4 is 0 Å². The Kier molecular flexibility index (Phi) is 11.0. The van der Waals surface area contributed by atoms with Gasteiger partial charge in [0.1, 0.15) is 5.70 Å². The molecule has 2 aliphatic heterocycles. The van der Waals surface area contributed by atoms with Crippen LogP contribution in [-0.2, 0) is 31.8 Å². The third-order valence-electron chi connectivity index (χ3n) is 9.75. The molecule has 254 valence electrons. The van der Waals surface area contributed by atoms with Crippen molar-refractivity contribution in [3.05, 3.63) is 97.9 Å². The SMILES string of the molecule is CC[Si](CC)(CC)O[C@H](C)[C@H]1C(=O)N2C(C(=O)OC(=O)c3ccc([N+](=O)[O-])cc3)=C(CN(Cc3cccnc3)Cc3cscn3)[C@H](C)[C@H]12. The highest BCUT2D eigenvalue weighted by atomic mass is 32.1. The number of fused-ring (bicyclic) bond motifs is 1. The van der Waals surface area contributed by atoms with Gasteiger partial charge < -0.3 is 14.1 Å². The zero-order chi connectivity index (χ0) is 34.6. The van der Waals surface area contributed by atoms with E-state index in [0.717, 1.165) is 29.4 Å². The van der Waals surface area contributed by atoms with Gasteiger partial charge in [-0.3, -0.25) is 24.8 Å². The average Bonchev–Trinajstić information content (AvgIpc) is 3.68. The monoisotopic (exact) mass is 691 g/mol. The van der Waals surface area contributed by atoms with Gasteiger partial charge in [0.25, 0.3) is 5.69 Å².